The largest absolute Gasteiger partial charge is 0.486 e. The van der Waals surface area contributed by atoms with E-state index in [4.69, 9.17) is 20.2 Å². The van der Waals surface area contributed by atoms with Crippen molar-refractivity contribution in [1.29, 1.82) is 0 Å². The lowest BCUT2D eigenvalue weighted by atomic mass is 10.1. The van der Waals surface area contributed by atoms with Gasteiger partial charge < -0.3 is 30.0 Å². The van der Waals surface area contributed by atoms with Gasteiger partial charge in [-0.1, -0.05) is 13.8 Å². The Hall–Kier alpha value is -3.14. The molecule has 0 fully saturated rings. The molecule has 0 atom stereocenters. The second-order valence-electron chi connectivity index (χ2n) is 8.52. The minimum atomic E-state index is -0.855. The fourth-order valence-electron chi connectivity index (χ4n) is 3.84. The molecule has 0 spiro atoms. The van der Waals surface area contributed by atoms with Gasteiger partial charge >= 0.3 is 6.08 Å². The van der Waals surface area contributed by atoms with Crippen molar-refractivity contribution in [2.24, 2.45) is 5.92 Å². The Labute approximate surface area is 186 Å². The number of benzene rings is 1. The zero-order valence-corrected chi connectivity index (χ0v) is 19.0. The lowest BCUT2D eigenvalue weighted by Crippen LogP contribution is -2.25. The summed E-state index contributed by atoms with van der Waals surface area (Å²) in [6.07, 6.45) is -0.364. The minimum Gasteiger partial charge on any atom is -0.486 e. The molecule has 172 valence electrons. The molecule has 0 unspecified atom stereocenters. The van der Waals surface area contributed by atoms with E-state index in [2.05, 4.69) is 29.1 Å². The lowest BCUT2D eigenvalue weighted by Gasteiger charge is -2.24. The van der Waals surface area contributed by atoms with Crippen LogP contribution in [0.5, 0.6) is 11.5 Å². The van der Waals surface area contributed by atoms with E-state index in [0.717, 1.165) is 29.4 Å². The smallest absolute Gasteiger partial charge is 0.312 e. The summed E-state index contributed by atoms with van der Waals surface area (Å²) in [5, 5.41) is 3.42. The Morgan fingerprint density at radius 3 is 2.56 bits per heavy atom. The van der Waals surface area contributed by atoms with Crippen molar-refractivity contribution in [2.45, 2.75) is 26.8 Å². The highest BCUT2D eigenvalue weighted by atomic mass is 19.1. The quantitative estimate of drug-likeness (QED) is 0.404. The molecule has 0 bridgehead atoms. The van der Waals surface area contributed by atoms with Gasteiger partial charge in [-0.2, -0.15) is 14.4 Å². The predicted octanol–water partition coefficient (Wildman–Crippen LogP) is 2.22. The van der Waals surface area contributed by atoms with Crippen molar-refractivity contribution in [2.75, 3.05) is 51.0 Å². The zero-order valence-electron chi connectivity index (χ0n) is 19.0. The monoisotopic (exact) mass is 443 g/mol. The van der Waals surface area contributed by atoms with Crippen LogP contribution in [0.15, 0.2) is 12.1 Å². The number of nitrogens with two attached hydrogens (primary N) is 1. The normalized spacial score (nSPS) is 13.2. The number of nitrogen functional groups attached to an aromatic ring is 1. The van der Waals surface area contributed by atoms with Gasteiger partial charge in [0.25, 0.3) is 0 Å². The topological polar surface area (TPSA) is 103 Å². The van der Waals surface area contributed by atoms with Gasteiger partial charge in [0, 0.05) is 45.4 Å². The standard InChI is InChI=1S/C22H30FN7O2/c1-13(2)12-25-5-6-30-18(26-19-20(24)27-22(23)28-21(19)30)10-14-9-16-17(32-8-7-31-16)11-15(14)29(3)4/h9,11,13,25H,5-8,10,12H2,1-4H3,(H2,24,27,28). The maximum absolute atomic E-state index is 14.0. The van der Waals surface area contributed by atoms with Crippen molar-refractivity contribution >= 4 is 22.7 Å². The van der Waals surface area contributed by atoms with Gasteiger partial charge in [-0.25, -0.2) is 4.98 Å². The first-order valence-corrected chi connectivity index (χ1v) is 10.8. The lowest BCUT2D eigenvalue weighted by molar-refractivity contribution is 0.171. The van der Waals surface area contributed by atoms with E-state index in [-0.39, 0.29) is 5.82 Å². The zero-order chi connectivity index (χ0) is 22.8. The van der Waals surface area contributed by atoms with Crippen LogP contribution in [-0.4, -0.2) is 59.9 Å². The SMILES string of the molecule is CC(C)CNCCn1c(Cc2cc3c(cc2N(C)C)OCCO3)nc2c(N)nc(F)nc21. The van der Waals surface area contributed by atoms with Crippen molar-refractivity contribution in [3.05, 3.63) is 29.6 Å². The number of fused-ring (bicyclic) bond motifs is 2. The molecule has 1 aliphatic heterocycles. The number of ether oxygens (including phenoxy) is 2. The second kappa shape index (κ2) is 9.15. The molecule has 0 amide bonds. The number of rotatable bonds is 8. The highest BCUT2D eigenvalue weighted by Crippen LogP contribution is 2.37. The Morgan fingerprint density at radius 2 is 1.88 bits per heavy atom. The Balaban J connectivity index is 1.73. The van der Waals surface area contributed by atoms with E-state index in [1.54, 1.807) is 0 Å². The highest BCUT2D eigenvalue weighted by Gasteiger charge is 2.21. The van der Waals surface area contributed by atoms with E-state index in [1.165, 1.54) is 0 Å². The fraction of sp³-hybridized carbons (Fsp3) is 0.500. The van der Waals surface area contributed by atoms with Crippen LogP contribution in [-0.2, 0) is 13.0 Å². The number of halogens is 1. The fourth-order valence-corrected chi connectivity index (χ4v) is 3.84. The molecule has 1 aliphatic rings. The molecule has 2 aromatic heterocycles. The van der Waals surface area contributed by atoms with Gasteiger partial charge in [-0.15, -0.1) is 0 Å². The van der Waals surface area contributed by atoms with Gasteiger partial charge in [0.15, 0.2) is 28.5 Å². The third kappa shape index (κ3) is 4.55. The summed E-state index contributed by atoms with van der Waals surface area (Å²) in [5.41, 5.74) is 8.79. The van der Waals surface area contributed by atoms with Gasteiger partial charge in [-0.05, 0) is 24.1 Å². The molecule has 32 heavy (non-hydrogen) atoms. The average Bonchev–Trinajstić information content (AvgIpc) is 3.07. The van der Waals surface area contributed by atoms with Crippen LogP contribution in [0.3, 0.4) is 0 Å². The third-order valence-electron chi connectivity index (χ3n) is 5.31. The summed E-state index contributed by atoms with van der Waals surface area (Å²) in [6.45, 7) is 7.51. The Kier molecular flexibility index (Phi) is 6.31. The molecule has 10 heteroatoms. The van der Waals surface area contributed by atoms with E-state index >= 15 is 0 Å². The van der Waals surface area contributed by atoms with Crippen LogP contribution in [0.2, 0.25) is 0 Å². The number of hydrogen-bond donors (Lipinski definition) is 2. The van der Waals surface area contributed by atoms with Crippen LogP contribution >= 0.6 is 0 Å². The first-order valence-electron chi connectivity index (χ1n) is 10.8. The number of nitrogens with zero attached hydrogens (tertiary/aromatic N) is 5. The van der Waals surface area contributed by atoms with Crippen LogP contribution < -0.4 is 25.4 Å². The molecule has 0 saturated carbocycles. The van der Waals surface area contributed by atoms with E-state index < -0.39 is 6.08 Å². The summed E-state index contributed by atoms with van der Waals surface area (Å²) in [6, 6.07) is 3.97. The molecular formula is C22H30FN7O2. The van der Waals surface area contributed by atoms with Crippen molar-refractivity contribution < 1.29 is 13.9 Å². The Bertz CT molecular complexity index is 1110. The van der Waals surface area contributed by atoms with Crippen molar-refractivity contribution in [3.8, 4) is 11.5 Å². The number of aromatic nitrogens is 4. The third-order valence-corrected chi connectivity index (χ3v) is 5.31. The predicted molar refractivity (Wildman–Crippen MR) is 122 cm³/mol. The minimum absolute atomic E-state index is 0.0395. The van der Waals surface area contributed by atoms with Crippen LogP contribution in [0.4, 0.5) is 15.9 Å². The summed E-state index contributed by atoms with van der Waals surface area (Å²) < 4.78 is 27.4. The molecule has 3 heterocycles. The number of nitrogens with one attached hydrogen (secondary N) is 1. The maximum atomic E-state index is 14.0. The van der Waals surface area contributed by atoms with Crippen molar-refractivity contribution in [3.63, 3.8) is 0 Å². The van der Waals surface area contributed by atoms with Gasteiger partial charge in [0.05, 0.1) is 0 Å². The van der Waals surface area contributed by atoms with E-state index in [0.29, 0.717) is 55.6 Å². The highest BCUT2D eigenvalue weighted by molar-refractivity contribution is 5.82. The number of imidazole rings is 1. The molecule has 3 N–H and O–H groups in total. The molecule has 4 rings (SSSR count). The van der Waals surface area contributed by atoms with E-state index in [1.807, 2.05) is 35.7 Å². The van der Waals surface area contributed by atoms with Crippen molar-refractivity contribution in [1.82, 2.24) is 24.8 Å². The molecule has 0 saturated heterocycles. The first kappa shape index (κ1) is 22.1. The molecule has 0 radical (unpaired) electrons. The van der Waals surface area contributed by atoms with Crippen LogP contribution in [0.25, 0.3) is 11.2 Å². The number of hydrogen-bond acceptors (Lipinski definition) is 8. The first-order chi connectivity index (χ1) is 15.3. The van der Waals surface area contributed by atoms with Crippen LogP contribution in [0.1, 0.15) is 25.2 Å². The van der Waals surface area contributed by atoms with Crippen LogP contribution in [0, 0.1) is 12.0 Å². The summed E-state index contributed by atoms with van der Waals surface area (Å²) in [5.74, 6) is 2.75. The summed E-state index contributed by atoms with van der Waals surface area (Å²) in [7, 11) is 3.96. The molecule has 3 aromatic rings. The Morgan fingerprint density at radius 1 is 1.16 bits per heavy atom. The van der Waals surface area contributed by atoms with Gasteiger partial charge in [0.2, 0.25) is 0 Å². The molecule has 0 aliphatic carbocycles. The number of anilines is 2. The molecular weight excluding hydrogens is 413 g/mol. The maximum Gasteiger partial charge on any atom is 0.312 e. The van der Waals surface area contributed by atoms with E-state index in [9.17, 15) is 4.39 Å². The van der Waals surface area contributed by atoms with Gasteiger partial charge in [0.1, 0.15) is 19.0 Å². The average molecular weight is 444 g/mol. The second-order valence-corrected chi connectivity index (χ2v) is 8.52. The molecule has 1 aromatic carbocycles. The summed E-state index contributed by atoms with van der Waals surface area (Å²) >= 11 is 0. The molecule has 9 nitrogen and oxygen atoms in total. The van der Waals surface area contributed by atoms with Gasteiger partial charge in [-0.3, -0.25) is 0 Å². The summed E-state index contributed by atoms with van der Waals surface area (Å²) in [4.78, 5) is 14.4.